The van der Waals surface area contributed by atoms with Crippen LogP contribution in [0.5, 0.6) is 0 Å². The van der Waals surface area contributed by atoms with Crippen molar-refractivity contribution in [1.29, 1.82) is 0 Å². The van der Waals surface area contributed by atoms with E-state index in [1.54, 1.807) is 26.2 Å². The number of carbonyl (C=O) groups is 2. The predicted octanol–water partition coefficient (Wildman–Crippen LogP) is 1.85. The third-order valence-corrected chi connectivity index (χ3v) is 2.61. The van der Waals surface area contributed by atoms with Gasteiger partial charge in [-0.3, -0.25) is 0 Å². The second-order valence-corrected chi connectivity index (χ2v) is 4.24. The molecule has 1 atom stereocenters. The van der Waals surface area contributed by atoms with E-state index in [-0.39, 0.29) is 17.4 Å². The Labute approximate surface area is 111 Å². The lowest BCUT2D eigenvalue weighted by Crippen LogP contribution is -2.35. The molecule has 0 aliphatic carbocycles. The molecule has 0 saturated carbocycles. The fourth-order valence-electron chi connectivity index (χ4n) is 1.43. The molecule has 1 unspecified atom stereocenters. The van der Waals surface area contributed by atoms with Gasteiger partial charge in [-0.15, -0.1) is 0 Å². The summed E-state index contributed by atoms with van der Waals surface area (Å²) in [4.78, 5) is 22.7. The van der Waals surface area contributed by atoms with Crippen LogP contribution in [0.4, 0.5) is 10.5 Å². The summed E-state index contributed by atoms with van der Waals surface area (Å²) in [6.07, 6.45) is -0.109. The summed E-state index contributed by atoms with van der Waals surface area (Å²) in [5.74, 6) is -1.08. The van der Waals surface area contributed by atoms with Gasteiger partial charge in [-0.1, -0.05) is 11.6 Å². The van der Waals surface area contributed by atoms with Gasteiger partial charge < -0.3 is 20.5 Å². The number of carboxylic acid groups (broad SMARTS) is 1. The second-order valence-electron chi connectivity index (χ2n) is 4.24. The van der Waals surface area contributed by atoms with E-state index < -0.39 is 12.0 Å². The lowest BCUT2D eigenvalue weighted by molar-refractivity contribution is 0.0698. The lowest BCUT2D eigenvalue weighted by atomic mass is 10.1. The topological polar surface area (TPSA) is 87.7 Å². The molecule has 0 radical (unpaired) electrons. The third-order valence-electron chi connectivity index (χ3n) is 2.61. The van der Waals surface area contributed by atoms with Crippen molar-refractivity contribution in [3.63, 3.8) is 0 Å². The smallest absolute Gasteiger partial charge is 0.337 e. The zero-order valence-corrected chi connectivity index (χ0v) is 11.2. The average Bonchev–Trinajstić information content (AvgIpc) is 2.37. The van der Waals surface area contributed by atoms with Crippen molar-refractivity contribution >= 4 is 17.7 Å². The van der Waals surface area contributed by atoms with E-state index in [2.05, 4.69) is 10.6 Å². The Kier molecular flexibility index (Phi) is 5.32. The van der Waals surface area contributed by atoms with Gasteiger partial charge >= 0.3 is 12.0 Å². The van der Waals surface area contributed by atoms with Gasteiger partial charge in [0.1, 0.15) is 0 Å². The van der Waals surface area contributed by atoms with Crippen LogP contribution in [0.15, 0.2) is 18.2 Å². The minimum atomic E-state index is -1.08. The summed E-state index contributed by atoms with van der Waals surface area (Å²) in [7, 11) is 1.55. The van der Waals surface area contributed by atoms with Gasteiger partial charge in [-0.05, 0) is 26.0 Å². The summed E-state index contributed by atoms with van der Waals surface area (Å²) in [6, 6.07) is 4.35. The maximum atomic E-state index is 11.6. The number of aryl methyl sites for hydroxylation is 1. The summed E-state index contributed by atoms with van der Waals surface area (Å²) in [6.45, 7) is 3.95. The molecule has 0 heterocycles. The molecule has 1 aromatic carbocycles. The molecule has 104 valence electrons. The predicted molar refractivity (Wildman–Crippen MR) is 71.6 cm³/mol. The number of benzene rings is 1. The molecule has 2 amide bonds. The van der Waals surface area contributed by atoms with E-state index in [9.17, 15) is 9.59 Å². The van der Waals surface area contributed by atoms with Gasteiger partial charge in [-0.25, -0.2) is 9.59 Å². The van der Waals surface area contributed by atoms with Crippen molar-refractivity contribution < 1.29 is 19.4 Å². The minimum Gasteiger partial charge on any atom is -0.478 e. The maximum Gasteiger partial charge on any atom is 0.337 e. The number of anilines is 1. The van der Waals surface area contributed by atoms with Crippen LogP contribution in [-0.2, 0) is 4.74 Å². The largest absolute Gasteiger partial charge is 0.478 e. The summed E-state index contributed by atoms with van der Waals surface area (Å²) < 4.78 is 4.99. The van der Waals surface area contributed by atoms with Crippen LogP contribution in [0.2, 0.25) is 0 Å². The fraction of sp³-hybridized carbons (Fsp3) is 0.385. The number of amides is 2. The van der Waals surface area contributed by atoms with E-state index in [0.717, 1.165) is 5.56 Å². The van der Waals surface area contributed by atoms with Crippen LogP contribution in [0.1, 0.15) is 22.8 Å². The molecule has 0 saturated heterocycles. The quantitative estimate of drug-likeness (QED) is 0.759. The van der Waals surface area contributed by atoms with E-state index in [0.29, 0.717) is 6.54 Å². The number of aromatic carboxylic acids is 1. The number of nitrogens with one attached hydrogen (secondary N) is 2. The molecule has 6 heteroatoms. The number of hydrogen-bond acceptors (Lipinski definition) is 3. The Hall–Kier alpha value is -2.08. The van der Waals surface area contributed by atoms with Crippen molar-refractivity contribution in [2.45, 2.75) is 20.0 Å². The van der Waals surface area contributed by atoms with Crippen molar-refractivity contribution in [2.24, 2.45) is 0 Å². The molecule has 19 heavy (non-hydrogen) atoms. The highest BCUT2D eigenvalue weighted by Crippen LogP contribution is 2.17. The average molecular weight is 266 g/mol. The molecule has 0 spiro atoms. The van der Waals surface area contributed by atoms with Gasteiger partial charge in [0.15, 0.2) is 0 Å². The van der Waals surface area contributed by atoms with Crippen molar-refractivity contribution in [1.82, 2.24) is 5.32 Å². The highest BCUT2D eigenvalue weighted by atomic mass is 16.5. The summed E-state index contributed by atoms with van der Waals surface area (Å²) >= 11 is 0. The third kappa shape index (κ3) is 4.59. The normalized spacial score (nSPS) is 11.7. The number of urea groups is 1. The highest BCUT2D eigenvalue weighted by Gasteiger charge is 2.12. The molecule has 0 bridgehead atoms. The molecule has 1 aromatic rings. The lowest BCUT2D eigenvalue weighted by Gasteiger charge is -2.13. The molecule has 3 N–H and O–H groups in total. The Bertz CT molecular complexity index is 474. The van der Waals surface area contributed by atoms with Crippen LogP contribution < -0.4 is 10.6 Å². The number of hydrogen-bond donors (Lipinski definition) is 3. The van der Waals surface area contributed by atoms with Crippen LogP contribution in [0, 0.1) is 6.92 Å². The highest BCUT2D eigenvalue weighted by molar-refractivity contribution is 6.00. The maximum absolute atomic E-state index is 11.6. The molecule has 1 rings (SSSR count). The Morgan fingerprint density at radius 1 is 1.42 bits per heavy atom. The Morgan fingerprint density at radius 3 is 2.68 bits per heavy atom. The van der Waals surface area contributed by atoms with Gasteiger partial charge in [0.25, 0.3) is 0 Å². The van der Waals surface area contributed by atoms with E-state index >= 15 is 0 Å². The van der Waals surface area contributed by atoms with Crippen LogP contribution in [0.25, 0.3) is 0 Å². The number of methoxy groups -OCH3 is 1. The first kappa shape index (κ1) is 15.0. The molecule has 0 aromatic heterocycles. The zero-order valence-electron chi connectivity index (χ0n) is 11.2. The van der Waals surface area contributed by atoms with E-state index in [4.69, 9.17) is 9.84 Å². The fourth-order valence-corrected chi connectivity index (χ4v) is 1.43. The van der Waals surface area contributed by atoms with E-state index in [1.165, 1.54) is 6.07 Å². The van der Waals surface area contributed by atoms with Gasteiger partial charge in [0.2, 0.25) is 0 Å². The number of ether oxygens (including phenoxy) is 1. The first-order valence-electron chi connectivity index (χ1n) is 5.85. The zero-order chi connectivity index (χ0) is 14.4. The standard InChI is InChI=1S/C13H18N2O4/c1-8-4-5-11(10(6-8)12(16)17)15-13(18)14-7-9(2)19-3/h4-6,9H,7H2,1-3H3,(H,16,17)(H2,14,15,18). The molecule has 0 fully saturated rings. The first-order chi connectivity index (χ1) is 8.93. The summed E-state index contributed by atoms with van der Waals surface area (Å²) in [5, 5.41) is 14.2. The minimum absolute atomic E-state index is 0.0648. The Balaban J connectivity index is 2.71. The van der Waals surface area contributed by atoms with Crippen molar-refractivity contribution in [3.8, 4) is 0 Å². The van der Waals surface area contributed by atoms with Crippen LogP contribution in [0.3, 0.4) is 0 Å². The molecule has 6 nitrogen and oxygen atoms in total. The number of carbonyl (C=O) groups excluding carboxylic acids is 1. The van der Waals surface area contributed by atoms with Crippen LogP contribution >= 0.6 is 0 Å². The monoisotopic (exact) mass is 266 g/mol. The van der Waals surface area contributed by atoms with Crippen molar-refractivity contribution in [2.75, 3.05) is 19.0 Å². The van der Waals surface area contributed by atoms with Gasteiger partial charge in [0, 0.05) is 13.7 Å². The Morgan fingerprint density at radius 2 is 2.11 bits per heavy atom. The molecular weight excluding hydrogens is 248 g/mol. The molecular formula is C13H18N2O4. The number of carboxylic acids is 1. The molecule has 0 aliphatic rings. The van der Waals surface area contributed by atoms with E-state index in [1.807, 2.05) is 6.92 Å². The SMILES string of the molecule is COC(C)CNC(=O)Nc1ccc(C)cc1C(=O)O. The molecule has 0 aliphatic heterocycles. The number of rotatable bonds is 5. The second kappa shape index (κ2) is 6.75. The van der Waals surface area contributed by atoms with Gasteiger partial charge in [-0.2, -0.15) is 0 Å². The first-order valence-corrected chi connectivity index (χ1v) is 5.85. The summed E-state index contributed by atoms with van der Waals surface area (Å²) in [5.41, 5.74) is 1.15. The van der Waals surface area contributed by atoms with Gasteiger partial charge in [0.05, 0.1) is 17.4 Å². The van der Waals surface area contributed by atoms with Crippen molar-refractivity contribution in [3.05, 3.63) is 29.3 Å². The van der Waals surface area contributed by atoms with Crippen LogP contribution in [-0.4, -0.2) is 36.9 Å².